The van der Waals surface area contributed by atoms with Crippen LogP contribution in [0.1, 0.15) is 16.2 Å². The number of carbonyl (C=O) groups is 2. The van der Waals surface area contributed by atoms with Gasteiger partial charge in [0.15, 0.2) is 10.8 Å². The smallest absolute Gasteiger partial charge is 0.329 e. The van der Waals surface area contributed by atoms with E-state index >= 15 is 0 Å². The quantitative estimate of drug-likeness (QED) is 0.752. The Balaban J connectivity index is 1.83. The van der Waals surface area contributed by atoms with Crippen molar-refractivity contribution in [1.82, 2.24) is 10.3 Å². The molecule has 2 N–H and O–H groups in total. The lowest BCUT2D eigenvalue weighted by atomic mass is 10.4. The number of furan rings is 1. The number of carboxylic acids is 1. The molecule has 7 nitrogen and oxygen atoms in total. The number of nitrogens with zero attached hydrogens (tertiary/aromatic N) is 1. The zero-order valence-electron chi connectivity index (χ0n) is 11.3. The molecule has 8 heteroatoms. The highest BCUT2D eigenvalue weighted by atomic mass is 32.1. The van der Waals surface area contributed by atoms with Crippen LogP contribution >= 0.6 is 11.3 Å². The number of rotatable bonds is 7. The van der Waals surface area contributed by atoms with Gasteiger partial charge in [-0.2, -0.15) is 0 Å². The van der Waals surface area contributed by atoms with Crippen LogP contribution in [0.2, 0.25) is 0 Å². The largest absolute Gasteiger partial charge is 0.480 e. The van der Waals surface area contributed by atoms with Crippen LogP contribution in [-0.2, 0) is 9.53 Å². The molecule has 0 aliphatic heterocycles. The normalized spacial score (nSPS) is 10.5. The Morgan fingerprint density at radius 3 is 2.95 bits per heavy atom. The van der Waals surface area contributed by atoms with Crippen LogP contribution in [0.5, 0.6) is 0 Å². The Kier molecular flexibility index (Phi) is 5.07. The van der Waals surface area contributed by atoms with Crippen LogP contribution < -0.4 is 5.32 Å². The molecular formula is C13H14N2O5S. The van der Waals surface area contributed by atoms with Crippen LogP contribution in [-0.4, -0.2) is 41.7 Å². The average Bonchev–Trinajstić information content (AvgIpc) is 3.06. The lowest BCUT2D eigenvalue weighted by Gasteiger charge is -2.02. The summed E-state index contributed by atoms with van der Waals surface area (Å²) in [5.74, 6) is 0.0297. The topological polar surface area (TPSA) is 102 Å². The summed E-state index contributed by atoms with van der Waals surface area (Å²) in [6, 6.07) is 3.63. The van der Waals surface area contributed by atoms with Gasteiger partial charge < -0.3 is 19.6 Å². The summed E-state index contributed by atoms with van der Waals surface area (Å²) in [5.41, 5.74) is 0.294. The number of carbonyl (C=O) groups excluding carboxylic acids is 1. The fourth-order valence-corrected chi connectivity index (χ4v) is 2.29. The SMILES string of the molecule is Cc1ccc(-c2nc(C(=O)NCCOCC(=O)O)cs2)o1. The van der Waals surface area contributed by atoms with E-state index in [-0.39, 0.29) is 25.7 Å². The number of thiazole rings is 1. The predicted octanol–water partition coefficient (Wildman–Crippen LogP) is 1.54. The van der Waals surface area contributed by atoms with Gasteiger partial charge in [0.2, 0.25) is 0 Å². The van der Waals surface area contributed by atoms with Crippen molar-refractivity contribution in [1.29, 1.82) is 0 Å². The molecule has 21 heavy (non-hydrogen) atoms. The third-order valence-corrected chi connectivity index (χ3v) is 3.30. The maximum atomic E-state index is 11.8. The predicted molar refractivity (Wildman–Crippen MR) is 75.3 cm³/mol. The molecule has 0 aliphatic carbocycles. The third-order valence-electron chi connectivity index (χ3n) is 2.45. The molecule has 0 spiro atoms. The van der Waals surface area contributed by atoms with Gasteiger partial charge in [-0.15, -0.1) is 11.3 Å². The molecule has 2 aromatic rings. The Morgan fingerprint density at radius 2 is 2.29 bits per heavy atom. The molecule has 0 atom stereocenters. The molecule has 0 unspecified atom stereocenters. The summed E-state index contributed by atoms with van der Waals surface area (Å²) in [4.78, 5) is 26.2. The molecule has 0 aromatic carbocycles. The Hall–Kier alpha value is -2.19. The summed E-state index contributed by atoms with van der Waals surface area (Å²) in [6.07, 6.45) is 0. The molecule has 0 saturated heterocycles. The van der Waals surface area contributed by atoms with Gasteiger partial charge in [-0.05, 0) is 19.1 Å². The average molecular weight is 310 g/mol. The monoisotopic (exact) mass is 310 g/mol. The van der Waals surface area contributed by atoms with Gasteiger partial charge >= 0.3 is 5.97 Å². The fourth-order valence-electron chi connectivity index (χ4n) is 1.53. The molecule has 0 fully saturated rings. The van der Waals surface area contributed by atoms with E-state index in [1.165, 1.54) is 11.3 Å². The summed E-state index contributed by atoms with van der Waals surface area (Å²) in [6.45, 7) is 1.81. The van der Waals surface area contributed by atoms with Crippen LogP contribution in [0.4, 0.5) is 0 Å². The number of ether oxygens (including phenoxy) is 1. The number of aryl methyl sites for hydroxylation is 1. The first-order valence-electron chi connectivity index (χ1n) is 6.16. The Morgan fingerprint density at radius 1 is 1.48 bits per heavy atom. The Bertz CT molecular complexity index is 634. The number of carboxylic acid groups (broad SMARTS) is 1. The minimum Gasteiger partial charge on any atom is -0.480 e. The highest BCUT2D eigenvalue weighted by molar-refractivity contribution is 7.13. The van der Waals surface area contributed by atoms with Crippen molar-refractivity contribution in [2.45, 2.75) is 6.92 Å². The number of nitrogens with one attached hydrogen (secondary N) is 1. The molecule has 1 amide bonds. The standard InChI is InChI=1S/C13H14N2O5S/c1-8-2-3-10(20-8)13-15-9(7-21-13)12(18)14-4-5-19-6-11(16)17/h2-3,7H,4-6H2,1H3,(H,14,18)(H,16,17). The summed E-state index contributed by atoms with van der Waals surface area (Å²) >= 11 is 1.32. The fraction of sp³-hybridized carbons (Fsp3) is 0.308. The van der Waals surface area contributed by atoms with E-state index in [4.69, 9.17) is 14.3 Å². The van der Waals surface area contributed by atoms with Crippen molar-refractivity contribution in [2.75, 3.05) is 19.8 Å². The molecule has 0 saturated carbocycles. The van der Waals surface area contributed by atoms with Crippen LogP contribution in [0, 0.1) is 6.92 Å². The zero-order chi connectivity index (χ0) is 15.2. The van der Waals surface area contributed by atoms with Crippen molar-refractivity contribution >= 4 is 23.2 Å². The summed E-state index contributed by atoms with van der Waals surface area (Å²) < 4.78 is 10.3. The van der Waals surface area contributed by atoms with E-state index in [9.17, 15) is 9.59 Å². The lowest BCUT2D eigenvalue weighted by molar-refractivity contribution is -0.142. The maximum absolute atomic E-state index is 11.8. The molecule has 2 aromatic heterocycles. The lowest BCUT2D eigenvalue weighted by Crippen LogP contribution is -2.28. The van der Waals surface area contributed by atoms with Crippen LogP contribution in [0.15, 0.2) is 21.9 Å². The second-order valence-electron chi connectivity index (χ2n) is 4.15. The van der Waals surface area contributed by atoms with Crippen molar-refractivity contribution in [3.8, 4) is 10.8 Å². The molecular weight excluding hydrogens is 296 g/mol. The van der Waals surface area contributed by atoms with Crippen LogP contribution in [0.25, 0.3) is 10.8 Å². The van der Waals surface area contributed by atoms with Crippen molar-refractivity contribution in [3.05, 3.63) is 29.0 Å². The second kappa shape index (κ2) is 7.00. The zero-order valence-corrected chi connectivity index (χ0v) is 12.1. The van der Waals surface area contributed by atoms with E-state index in [0.717, 1.165) is 5.76 Å². The number of aromatic nitrogens is 1. The summed E-state index contributed by atoms with van der Waals surface area (Å²) in [5, 5.41) is 13.3. The third kappa shape index (κ3) is 4.40. The second-order valence-corrected chi connectivity index (χ2v) is 5.01. The number of amides is 1. The van der Waals surface area contributed by atoms with Gasteiger partial charge in [-0.1, -0.05) is 0 Å². The molecule has 0 bridgehead atoms. The molecule has 0 aliphatic rings. The van der Waals surface area contributed by atoms with E-state index in [0.29, 0.717) is 16.5 Å². The van der Waals surface area contributed by atoms with E-state index in [1.54, 1.807) is 11.4 Å². The highest BCUT2D eigenvalue weighted by Crippen LogP contribution is 2.25. The van der Waals surface area contributed by atoms with Crippen molar-refractivity contribution < 1.29 is 23.8 Å². The van der Waals surface area contributed by atoms with Crippen LogP contribution in [0.3, 0.4) is 0 Å². The van der Waals surface area contributed by atoms with Gasteiger partial charge in [-0.3, -0.25) is 4.79 Å². The van der Waals surface area contributed by atoms with Gasteiger partial charge in [-0.25, -0.2) is 9.78 Å². The van der Waals surface area contributed by atoms with E-state index in [1.807, 2.05) is 13.0 Å². The van der Waals surface area contributed by atoms with Gasteiger partial charge in [0, 0.05) is 11.9 Å². The minimum absolute atomic E-state index is 0.131. The number of hydrogen-bond donors (Lipinski definition) is 2. The van der Waals surface area contributed by atoms with Crippen molar-refractivity contribution in [2.24, 2.45) is 0 Å². The maximum Gasteiger partial charge on any atom is 0.329 e. The van der Waals surface area contributed by atoms with Gasteiger partial charge in [0.25, 0.3) is 5.91 Å². The molecule has 2 heterocycles. The molecule has 2 rings (SSSR count). The highest BCUT2D eigenvalue weighted by Gasteiger charge is 2.13. The molecule has 0 radical (unpaired) electrons. The first-order valence-corrected chi connectivity index (χ1v) is 7.04. The minimum atomic E-state index is -1.04. The van der Waals surface area contributed by atoms with Crippen molar-refractivity contribution in [3.63, 3.8) is 0 Å². The Labute approximate surface area is 124 Å². The van der Waals surface area contributed by atoms with Gasteiger partial charge in [0.05, 0.1) is 6.61 Å². The van der Waals surface area contributed by atoms with E-state index < -0.39 is 5.97 Å². The van der Waals surface area contributed by atoms with E-state index in [2.05, 4.69) is 10.3 Å². The first kappa shape index (κ1) is 15.2. The van der Waals surface area contributed by atoms with Gasteiger partial charge in [0.1, 0.15) is 18.1 Å². The number of hydrogen-bond acceptors (Lipinski definition) is 6. The summed E-state index contributed by atoms with van der Waals surface area (Å²) in [7, 11) is 0. The molecule has 112 valence electrons. The first-order chi connectivity index (χ1) is 10.1. The number of aliphatic carboxylic acids is 1.